The van der Waals surface area contributed by atoms with E-state index >= 15 is 0 Å². The van der Waals surface area contributed by atoms with Gasteiger partial charge in [0.25, 0.3) is 0 Å². The summed E-state index contributed by atoms with van der Waals surface area (Å²) in [6, 6.07) is 2.11. The van der Waals surface area contributed by atoms with Gasteiger partial charge in [-0.3, -0.25) is 0 Å². The lowest BCUT2D eigenvalue weighted by Gasteiger charge is -2.25. The molecule has 0 aliphatic rings. The molecule has 0 bridgehead atoms. The van der Waals surface area contributed by atoms with Crippen LogP contribution in [0.3, 0.4) is 0 Å². The Morgan fingerprint density at radius 3 is 1.45 bits per heavy atom. The largest absolute Gasteiger partial charge is 0.230 e. The summed E-state index contributed by atoms with van der Waals surface area (Å²) >= 11 is 0. The minimum Gasteiger partial charge on any atom is -0.211 e. The first-order chi connectivity index (χ1) is 14.0. The SMILES string of the molecule is CCCCCCCCN(CCCCCCCC)S(=O)(=O)C(C#N)CCCCCC. The van der Waals surface area contributed by atoms with Crippen molar-refractivity contribution in [1.29, 1.82) is 5.26 Å². The Morgan fingerprint density at radius 1 is 0.655 bits per heavy atom. The molecule has 0 saturated carbocycles. The molecule has 1 unspecified atom stereocenters. The number of hydrogen-bond acceptors (Lipinski definition) is 3. The quantitative estimate of drug-likeness (QED) is 0.182. The lowest BCUT2D eigenvalue weighted by atomic mass is 10.1. The van der Waals surface area contributed by atoms with Crippen molar-refractivity contribution in [3.05, 3.63) is 0 Å². The molecule has 172 valence electrons. The average Bonchev–Trinajstić information content (AvgIpc) is 2.71. The second kappa shape index (κ2) is 19.4. The zero-order valence-electron chi connectivity index (χ0n) is 19.6. The van der Waals surface area contributed by atoms with Gasteiger partial charge in [0.2, 0.25) is 10.0 Å². The Labute approximate surface area is 182 Å². The minimum atomic E-state index is -3.52. The van der Waals surface area contributed by atoms with Crippen LogP contribution in [0.5, 0.6) is 0 Å². The highest BCUT2D eigenvalue weighted by Crippen LogP contribution is 2.19. The van der Waals surface area contributed by atoms with Crippen LogP contribution in [0.25, 0.3) is 0 Å². The first-order valence-electron chi connectivity index (χ1n) is 12.4. The predicted octanol–water partition coefficient (Wildman–Crippen LogP) is 7.20. The van der Waals surface area contributed by atoms with E-state index in [1.807, 2.05) is 0 Å². The van der Waals surface area contributed by atoms with Gasteiger partial charge in [-0.2, -0.15) is 5.26 Å². The van der Waals surface area contributed by atoms with E-state index in [2.05, 4.69) is 26.8 Å². The van der Waals surface area contributed by atoms with Gasteiger partial charge in [-0.25, -0.2) is 12.7 Å². The van der Waals surface area contributed by atoms with Gasteiger partial charge < -0.3 is 0 Å². The van der Waals surface area contributed by atoms with Gasteiger partial charge in [0.05, 0.1) is 6.07 Å². The Hall–Kier alpha value is -0.600. The minimum absolute atomic E-state index is 0.475. The Bertz CT molecular complexity index is 484. The summed E-state index contributed by atoms with van der Waals surface area (Å²) in [6.45, 7) is 7.71. The molecule has 0 aromatic carbocycles. The van der Waals surface area contributed by atoms with E-state index < -0.39 is 15.3 Å². The van der Waals surface area contributed by atoms with Crippen molar-refractivity contribution in [1.82, 2.24) is 4.31 Å². The highest BCUT2D eigenvalue weighted by Gasteiger charge is 2.31. The molecule has 0 radical (unpaired) electrons. The normalized spacial score (nSPS) is 12.9. The average molecular weight is 429 g/mol. The zero-order valence-corrected chi connectivity index (χ0v) is 20.4. The molecule has 4 nitrogen and oxygen atoms in total. The van der Waals surface area contributed by atoms with Crippen LogP contribution in [-0.2, 0) is 10.0 Å². The Kier molecular flexibility index (Phi) is 19.0. The van der Waals surface area contributed by atoms with Gasteiger partial charge in [-0.1, -0.05) is 111 Å². The first kappa shape index (κ1) is 28.4. The molecule has 0 rings (SSSR count). The summed E-state index contributed by atoms with van der Waals surface area (Å²) < 4.78 is 28.0. The summed E-state index contributed by atoms with van der Waals surface area (Å²) in [6.07, 6.45) is 18.3. The van der Waals surface area contributed by atoms with E-state index in [1.54, 1.807) is 4.31 Å². The van der Waals surface area contributed by atoms with Crippen molar-refractivity contribution in [3.8, 4) is 6.07 Å². The molecule has 0 aromatic rings. The summed E-state index contributed by atoms with van der Waals surface area (Å²) in [4.78, 5) is 0. The Balaban J connectivity index is 4.71. The molecule has 29 heavy (non-hydrogen) atoms. The van der Waals surface area contributed by atoms with E-state index in [1.165, 1.54) is 51.4 Å². The highest BCUT2D eigenvalue weighted by atomic mass is 32.2. The molecule has 0 heterocycles. The predicted molar refractivity (Wildman–Crippen MR) is 125 cm³/mol. The number of nitriles is 1. The molecule has 0 spiro atoms. The van der Waals surface area contributed by atoms with Crippen LogP contribution in [-0.4, -0.2) is 31.1 Å². The molecule has 0 aliphatic heterocycles. The number of hydrogen-bond donors (Lipinski definition) is 0. The van der Waals surface area contributed by atoms with Gasteiger partial charge in [0, 0.05) is 13.1 Å². The monoisotopic (exact) mass is 428 g/mol. The molecule has 1 atom stereocenters. The van der Waals surface area contributed by atoms with E-state index in [9.17, 15) is 13.7 Å². The molecule has 0 fully saturated rings. The Morgan fingerprint density at radius 2 is 1.03 bits per heavy atom. The van der Waals surface area contributed by atoms with Crippen LogP contribution < -0.4 is 0 Å². The van der Waals surface area contributed by atoms with Crippen LogP contribution in [0, 0.1) is 11.3 Å². The zero-order chi connectivity index (χ0) is 21.8. The molecule has 0 saturated heterocycles. The number of nitrogens with zero attached hydrogens (tertiary/aromatic N) is 2. The van der Waals surface area contributed by atoms with Gasteiger partial charge in [-0.15, -0.1) is 0 Å². The number of rotatable bonds is 21. The van der Waals surface area contributed by atoms with E-state index in [0.29, 0.717) is 19.5 Å². The van der Waals surface area contributed by atoms with Crippen LogP contribution in [0.2, 0.25) is 0 Å². The molecule has 0 aromatic heterocycles. The molecule has 5 heteroatoms. The fourth-order valence-electron chi connectivity index (χ4n) is 3.72. The van der Waals surface area contributed by atoms with E-state index in [0.717, 1.165) is 51.4 Å². The van der Waals surface area contributed by atoms with E-state index in [-0.39, 0.29) is 0 Å². The van der Waals surface area contributed by atoms with Crippen LogP contribution >= 0.6 is 0 Å². The fraction of sp³-hybridized carbons (Fsp3) is 0.958. The van der Waals surface area contributed by atoms with Gasteiger partial charge in [0.1, 0.15) is 0 Å². The fourth-order valence-corrected chi connectivity index (χ4v) is 5.44. The van der Waals surface area contributed by atoms with Crippen molar-refractivity contribution in [3.63, 3.8) is 0 Å². The first-order valence-corrected chi connectivity index (χ1v) is 13.9. The summed E-state index contributed by atoms with van der Waals surface area (Å²) in [7, 11) is -3.52. The maximum atomic E-state index is 13.2. The molecular formula is C24H48N2O2S. The third-order valence-electron chi connectivity index (χ3n) is 5.71. The standard InChI is InChI=1S/C24H48N2O2S/c1-4-7-10-13-15-18-21-26(22-19-16-14-11-8-5-2)29(27,28)24(23-25)20-17-12-9-6-3/h24H,4-22H2,1-3H3. The molecule has 0 aliphatic carbocycles. The van der Waals surface area contributed by atoms with Crippen LogP contribution in [0.1, 0.15) is 130 Å². The van der Waals surface area contributed by atoms with Crippen molar-refractivity contribution in [2.45, 2.75) is 135 Å². The van der Waals surface area contributed by atoms with Crippen LogP contribution in [0.4, 0.5) is 0 Å². The van der Waals surface area contributed by atoms with E-state index in [4.69, 9.17) is 0 Å². The summed E-state index contributed by atoms with van der Waals surface area (Å²) in [5.41, 5.74) is 0. The van der Waals surface area contributed by atoms with Crippen molar-refractivity contribution in [2.24, 2.45) is 0 Å². The maximum absolute atomic E-state index is 13.2. The van der Waals surface area contributed by atoms with Crippen LogP contribution in [0.15, 0.2) is 0 Å². The maximum Gasteiger partial charge on any atom is 0.230 e. The van der Waals surface area contributed by atoms with Crippen molar-refractivity contribution >= 4 is 10.0 Å². The van der Waals surface area contributed by atoms with Gasteiger partial charge in [-0.05, 0) is 19.3 Å². The molecule has 0 N–H and O–H groups in total. The van der Waals surface area contributed by atoms with Gasteiger partial charge >= 0.3 is 0 Å². The van der Waals surface area contributed by atoms with Gasteiger partial charge in [0.15, 0.2) is 5.25 Å². The number of unbranched alkanes of at least 4 members (excludes halogenated alkanes) is 13. The second-order valence-corrected chi connectivity index (χ2v) is 10.6. The van der Waals surface area contributed by atoms with Crippen molar-refractivity contribution in [2.75, 3.05) is 13.1 Å². The molecule has 0 amide bonds. The lowest BCUT2D eigenvalue weighted by molar-refractivity contribution is 0.379. The lowest BCUT2D eigenvalue weighted by Crippen LogP contribution is -2.39. The number of sulfonamides is 1. The second-order valence-electron chi connectivity index (χ2n) is 8.45. The highest BCUT2D eigenvalue weighted by molar-refractivity contribution is 7.90. The smallest absolute Gasteiger partial charge is 0.211 e. The molecular weight excluding hydrogens is 380 g/mol. The third kappa shape index (κ3) is 14.1. The summed E-state index contributed by atoms with van der Waals surface area (Å²) in [5.74, 6) is 0. The topological polar surface area (TPSA) is 61.2 Å². The summed E-state index contributed by atoms with van der Waals surface area (Å²) in [5, 5.41) is 8.67. The third-order valence-corrected chi connectivity index (χ3v) is 7.85. The van der Waals surface area contributed by atoms with Crippen molar-refractivity contribution < 1.29 is 8.42 Å².